The minimum Gasteiger partial charge on any atom is -0.486 e. The molecule has 5 rings (SSSR count). The van der Waals surface area contributed by atoms with Crippen molar-refractivity contribution in [1.82, 2.24) is 20.5 Å². The minimum absolute atomic E-state index is 0. The highest BCUT2D eigenvalue weighted by atomic mass is 35.5. The number of carbonyl (C=O) groups excluding carboxylic acids is 2. The molecule has 3 heterocycles. The number of nitrogens with zero attached hydrogens (tertiary/aromatic N) is 2. The van der Waals surface area contributed by atoms with Crippen LogP contribution in [0.1, 0.15) is 21.5 Å². The number of nitrogen functional groups attached to an aromatic ring is 1. The predicted molar refractivity (Wildman–Crippen MR) is 159 cm³/mol. The molecule has 3 aromatic rings. The molecule has 206 valence electrons. The third-order valence-corrected chi connectivity index (χ3v) is 6.74. The Morgan fingerprint density at radius 2 is 1.85 bits per heavy atom. The molecule has 1 unspecified atom stereocenters. The summed E-state index contributed by atoms with van der Waals surface area (Å²) >= 11 is 6.56. The molecule has 2 aliphatic rings. The van der Waals surface area contributed by atoms with Crippen LogP contribution in [0.5, 0.6) is 5.75 Å². The Hall–Kier alpha value is -3.30. The zero-order chi connectivity index (χ0) is 25.8. The zero-order valence-corrected chi connectivity index (χ0v) is 23.5. The Morgan fingerprint density at radius 1 is 1.10 bits per heavy atom. The van der Waals surface area contributed by atoms with Gasteiger partial charge in [-0.3, -0.25) is 9.59 Å². The number of rotatable bonds is 6. The van der Waals surface area contributed by atoms with E-state index < -0.39 is 0 Å². The smallest absolute Gasteiger partial charge is 0.253 e. The maximum atomic E-state index is 12.7. The number of hydrogen-bond acceptors (Lipinski definition) is 6. The lowest BCUT2D eigenvalue weighted by atomic mass is 9.99. The summed E-state index contributed by atoms with van der Waals surface area (Å²) in [6, 6.07) is 15.0. The van der Waals surface area contributed by atoms with Crippen molar-refractivity contribution in [2.45, 2.75) is 12.5 Å². The Labute approximate surface area is 244 Å². The van der Waals surface area contributed by atoms with Crippen molar-refractivity contribution < 1.29 is 14.3 Å². The Morgan fingerprint density at radius 3 is 2.54 bits per heavy atom. The van der Waals surface area contributed by atoms with E-state index in [0.717, 1.165) is 48.4 Å². The van der Waals surface area contributed by atoms with Crippen LogP contribution in [0.2, 0.25) is 5.02 Å². The summed E-state index contributed by atoms with van der Waals surface area (Å²) in [6.45, 7) is 3.44. The van der Waals surface area contributed by atoms with Gasteiger partial charge in [0, 0.05) is 56.0 Å². The lowest BCUT2D eigenvalue weighted by Gasteiger charge is -2.27. The molecule has 0 bridgehead atoms. The van der Waals surface area contributed by atoms with Crippen molar-refractivity contribution >= 4 is 60.1 Å². The van der Waals surface area contributed by atoms with Gasteiger partial charge in [0.15, 0.2) is 0 Å². The first-order valence-corrected chi connectivity index (χ1v) is 12.6. The summed E-state index contributed by atoms with van der Waals surface area (Å²) in [5.74, 6) is 0.912. The molecule has 0 radical (unpaired) electrons. The zero-order valence-electron chi connectivity index (χ0n) is 21.1. The molecule has 1 saturated heterocycles. The lowest BCUT2D eigenvalue weighted by molar-refractivity contribution is -0.116. The second kappa shape index (κ2) is 13.7. The number of fused-ring (bicyclic) bond motifs is 1. The topological polar surface area (TPSA) is 110 Å². The highest BCUT2D eigenvalue weighted by Crippen LogP contribution is 2.39. The Kier molecular flexibility index (Phi) is 10.6. The van der Waals surface area contributed by atoms with Gasteiger partial charge in [0.05, 0.1) is 11.6 Å². The number of pyridine rings is 1. The molecule has 0 aliphatic carbocycles. The van der Waals surface area contributed by atoms with Crippen LogP contribution < -0.4 is 21.1 Å². The number of halogens is 3. The highest BCUT2D eigenvalue weighted by Gasteiger charge is 2.26. The number of nitrogens with one attached hydrogen (secondary N) is 2. The van der Waals surface area contributed by atoms with Gasteiger partial charge in [-0.25, -0.2) is 4.98 Å². The van der Waals surface area contributed by atoms with Crippen LogP contribution in [-0.4, -0.2) is 60.5 Å². The average Bonchev–Trinajstić information content (AvgIpc) is 3.35. The van der Waals surface area contributed by atoms with Crippen molar-refractivity contribution in [3.63, 3.8) is 0 Å². The molecule has 8 nitrogen and oxygen atoms in total. The predicted octanol–water partition coefficient (Wildman–Crippen LogP) is 4.01. The van der Waals surface area contributed by atoms with Gasteiger partial charge in [-0.05, 0) is 59.2 Å². The van der Waals surface area contributed by atoms with Crippen LogP contribution in [0, 0.1) is 0 Å². The Bertz CT molecular complexity index is 1330. The fourth-order valence-corrected chi connectivity index (χ4v) is 4.77. The first kappa shape index (κ1) is 30.2. The van der Waals surface area contributed by atoms with Crippen LogP contribution in [-0.2, 0) is 11.2 Å². The summed E-state index contributed by atoms with van der Waals surface area (Å²) in [6.07, 6.45) is 5.16. The molecule has 0 spiro atoms. The number of carbonyl (C=O) groups is 2. The van der Waals surface area contributed by atoms with Gasteiger partial charge in [-0.1, -0.05) is 23.7 Å². The first-order chi connectivity index (χ1) is 18.0. The van der Waals surface area contributed by atoms with Gasteiger partial charge in [0.25, 0.3) is 5.91 Å². The summed E-state index contributed by atoms with van der Waals surface area (Å²) in [4.78, 5) is 30.9. The monoisotopic (exact) mass is 589 g/mol. The minimum atomic E-state index is -0.223. The number of benzene rings is 2. The van der Waals surface area contributed by atoms with Crippen LogP contribution in [0.15, 0.2) is 60.8 Å². The van der Waals surface area contributed by atoms with Crippen molar-refractivity contribution in [3.05, 3.63) is 82.5 Å². The summed E-state index contributed by atoms with van der Waals surface area (Å²) in [7, 11) is 0. The molecule has 0 saturated carbocycles. The fraction of sp³-hybridized carbons (Fsp3) is 0.250. The standard InChI is InChI=1S/C28H28ClN5O3.2ClH/c29-24-15-21(19-3-5-20(6-4-19)28(36)34-11-9-31-10-12-34)13-22-14-23(37-27(22)24)17-33-26(35)8-2-18-1-7-25(30)32-16-18;;/h1-8,13,15-16,23,31H,9-12,14,17H2,(H2,30,32)(H,33,35);2*1H. The second-order valence-corrected chi connectivity index (χ2v) is 9.51. The van der Waals surface area contributed by atoms with E-state index in [9.17, 15) is 9.59 Å². The molecule has 4 N–H and O–H groups in total. The number of nitrogens with two attached hydrogens (primary N) is 1. The van der Waals surface area contributed by atoms with Gasteiger partial charge in [0.1, 0.15) is 17.7 Å². The number of hydrogen-bond donors (Lipinski definition) is 3. The molecule has 1 aromatic heterocycles. The van der Waals surface area contributed by atoms with E-state index in [1.807, 2.05) is 35.2 Å². The maximum Gasteiger partial charge on any atom is 0.253 e. The lowest BCUT2D eigenvalue weighted by Crippen LogP contribution is -2.46. The van der Waals surface area contributed by atoms with Crippen molar-refractivity contribution in [2.24, 2.45) is 0 Å². The largest absolute Gasteiger partial charge is 0.486 e. The molecular weight excluding hydrogens is 561 g/mol. The SMILES string of the molecule is Cl.Cl.Nc1ccc(C=CC(=O)NCC2Cc3cc(-c4ccc(C(=O)N5CCNCC5)cc4)cc(Cl)c3O2)cn1. The molecular formula is C28H30Cl3N5O3. The molecule has 2 amide bonds. The molecule has 39 heavy (non-hydrogen) atoms. The van der Waals surface area contributed by atoms with E-state index >= 15 is 0 Å². The average molecular weight is 591 g/mol. The van der Waals surface area contributed by atoms with E-state index in [-0.39, 0.29) is 42.7 Å². The van der Waals surface area contributed by atoms with E-state index in [4.69, 9.17) is 22.1 Å². The third-order valence-electron chi connectivity index (χ3n) is 6.46. The Balaban J connectivity index is 0.00000210. The van der Waals surface area contributed by atoms with Crippen molar-refractivity contribution in [1.29, 1.82) is 0 Å². The quantitative estimate of drug-likeness (QED) is 0.375. The molecule has 1 fully saturated rings. The van der Waals surface area contributed by atoms with E-state index in [1.54, 1.807) is 24.4 Å². The van der Waals surface area contributed by atoms with Crippen LogP contribution in [0.3, 0.4) is 0 Å². The van der Waals surface area contributed by atoms with Crippen LogP contribution in [0.25, 0.3) is 17.2 Å². The van der Waals surface area contributed by atoms with Crippen LogP contribution in [0.4, 0.5) is 5.82 Å². The van der Waals surface area contributed by atoms with Gasteiger partial charge >= 0.3 is 0 Å². The number of aromatic nitrogens is 1. The normalized spacial score (nSPS) is 16.0. The number of amides is 2. The molecule has 11 heteroatoms. The van der Waals surface area contributed by atoms with Crippen molar-refractivity contribution in [2.75, 3.05) is 38.5 Å². The number of piperazine rings is 1. The summed E-state index contributed by atoms with van der Waals surface area (Å²) < 4.78 is 6.02. The summed E-state index contributed by atoms with van der Waals surface area (Å²) in [5.41, 5.74) is 9.97. The van der Waals surface area contributed by atoms with Gasteiger partial charge in [-0.2, -0.15) is 0 Å². The van der Waals surface area contributed by atoms with Gasteiger partial charge in [-0.15, -0.1) is 24.8 Å². The fourth-order valence-electron chi connectivity index (χ4n) is 4.48. The third kappa shape index (κ3) is 7.42. The van der Waals surface area contributed by atoms with E-state index in [1.165, 1.54) is 6.08 Å². The van der Waals surface area contributed by atoms with Gasteiger partial charge < -0.3 is 26.0 Å². The molecule has 2 aromatic carbocycles. The van der Waals surface area contributed by atoms with Crippen molar-refractivity contribution in [3.8, 4) is 16.9 Å². The first-order valence-electron chi connectivity index (χ1n) is 12.2. The summed E-state index contributed by atoms with van der Waals surface area (Å²) in [5, 5.41) is 6.66. The molecule has 1 atom stereocenters. The highest BCUT2D eigenvalue weighted by molar-refractivity contribution is 6.32. The second-order valence-electron chi connectivity index (χ2n) is 9.10. The maximum absolute atomic E-state index is 12.7. The van der Waals surface area contributed by atoms with Gasteiger partial charge in [0.2, 0.25) is 5.91 Å². The van der Waals surface area contributed by atoms with E-state index in [0.29, 0.717) is 35.1 Å². The number of ether oxygens (including phenoxy) is 1. The molecule has 2 aliphatic heterocycles. The van der Waals surface area contributed by atoms with E-state index in [2.05, 4.69) is 21.7 Å². The number of anilines is 1. The van der Waals surface area contributed by atoms with Crippen LogP contribution >= 0.6 is 36.4 Å².